The molecule has 0 N–H and O–H groups in total. The number of fused-ring (bicyclic) bond motifs is 1. The van der Waals surface area contributed by atoms with Crippen molar-refractivity contribution in [1.29, 1.82) is 0 Å². The molecule has 29 heavy (non-hydrogen) atoms. The molecule has 1 saturated heterocycles. The van der Waals surface area contributed by atoms with Gasteiger partial charge in [-0.3, -0.25) is 9.59 Å². The summed E-state index contributed by atoms with van der Waals surface area (Å²) < 4.78 is 5.46. The molecule has 2 aromatic carbocycles. The van der Waals surface area contributed by atoms with Gasteiger partial charge in [-0.25, -0.2) is 0 Å². The number of ether oxygens (including phenoxy) is 1. The molecule has 0 unspecified atom stereocenters. The Morgan fingerprint density at radius 1 is 1.03 bits per heavy atom. The molecule has 152 valence electrons. The summed E-state index contributed by atoms with van der Waals surface area (Å²) in [6, 6.07) is 15.3. The Hall–Kier alpha value is -2.73. The second-order valence-electron chi connectivity index (χ2n) is 7.25. The molecule has 0 aliphatic carbocycles. The summed E-state index contributed by atoms with van der Waals surface area (Å²) >= 11 is 6.08. The quantitative estimate of drug-likeness (QED) is 0.755. The fourth-order valence-corrected chi connectivity index (χ4v) is 4.02. The highest BCUT2D eigenvalue weighted by atomic mass is 35.5. The summed E-state index contributed by atoms with van der Waals surface area (Å²) in [5.74, 6) is 0.798. The SMILES string of the molecule is O=C(CCCN1C(=O)COc2ccccc21)N1CCN(c2cccc(Cl)c2)CC1. The summed E-state index contributed by atoms with van der Waals surface area (Å²) in [5, 5.41) is 0.722. The van der Waals surface area contributed by atoms with E-state index in [0.29, 0.717) is 32.5 Å². The molecule has 6 nitrogen and oxygen atoms in total. The third kappa shape index (κ3) is 4.48. The third-order valence-electron chi connectivity index (χ3n) is 5.39. The molecule has 2 aliphatic heterocycles. The highest BCUT2D eigenvalue weighted by Crippen LogP contribution is 2.31. The highest BCUT2D eigenvalue weighted by Gasteiger charge is 2.26. The number of piperazine rings is 1. The average Bonchev–Trinajstić information content (AvgIpc) is 2.75. The fourth-order valence-electron chi connectivity index (χ4n) is 3.83. The zero-order valence-electron chi connectivity index (χ0n) is 16.2. The van der Waals surface area contributed by atoms with Crippen LogP contribution in [0.1, 0.15) is 12.8 Å². The minimum absolute atomic E-state index is 0.0520. The largest absolute Gasteiger partial charge is 0.482 e. The number of halogens is 1. The summed E-state index contributed by atoms with van der Waals surface area (Å²) in [4.78, 5) is 30.7. The Kier molecular flexibility index (Phi) is 5.90. The van der Waals surface area contributed by atoms with Crippen LogP contribution < -0.4 is 14.5 Å². The van der Waals surface area contributed by atoms with Crippen molar-refractivity contribution in [1.82, 2.24) is 4.90 Å². The molecule has 0 atom stereocenters. The van der Waals surface area contributed by atoms with E-state index in [1.807, 2.05) is 53.4 Å². The van der Waals surface area contributed by atoms with Gasteiger partial charge in [0.1, 0.15) is 5.75 Å². The van der Waals surface area contributed by atoms with Crippen LogP contribution in [0, 0.1) is 0 Å². The molecule has 2 aromatic rings. The number of rotatable bonds is 5. The molecule has 2 aliphatic rings. The average molecular weight is 414 g/mol. The molecular weight excluding hydrogens is 390 g/mol. The zero-order valence-corrected chi connectivity index (χ0v) is 17.0. The van der Waals surface area contributed by atoms with Crippen LogP contribution >= 0.6 is 11.6 Å². The number of benzene rings is 2. The molecule has 7 heteroatoms. The standard InChI is InChI=1S/C22H24ClN3O3/c23-17-5-3-6-18(15-17)24-11-13-25(14-12-24)21(27)9-4-10-26-19-7-1-2-8-20(19)29-16-22(26)28/h1-3,5-8,15H,4,9-14,16H2. The topological polar surface area (TPSA) is 53.1 Å². The third-order valence-corrected chi connectivity index (χ3v) is 5.62. The van der Waals surface area contributed by atoms with Gasteiger partial charge >= 0.3 is 0 Å². The van der Waals surface area contributed by atoms with Crippen LogP contribution in [0.2, 0.25) is 5.02 Å². The van der Waals surface area contributed by atoms with Gasteiger partial charge in [-0.05, 0) is 36.8 Å². The molecule has 2 heterocycles. The van der Waals surface area contributed by atoms with Crippen molar-refractivity contribution in [2.75, 3.05) is 49.1 Å². The van der Waals surface area contributed by atoms with E-state index in [0.717, 1.165) is 35.2 Å². The molecule has 0 radical (unpaired) electrons. The van der Waals surface area contributed by atoms with E-state index in [4.69, 9.17) is 16.3 Å². The van der Waals surface area contributed by atoms with Gasteiger partial charge in [0.15, 0.2) is 6.61 Å². The molecule has 0 spiro atoms. The van der Waals surface area contributed by atoms with Crippen molar-refractivity contribution in [3.8, 4) is 5.75 Å². The Labute approximate surface area is 175 Å². The first kappa shape index (κ1) is 19.6. The second-order valence-corrected chi connectivity index (χ2v) is 7.69. The lowest BCUT2D eigenvalue weighted by atomic mass is 10.2. The number of hydrogen-bond acceptors (Lipinski definition) is 4. The Morgan fingerprint density at radius 3 is 2.62 bits per heavy atom. The summed E-state index contributed by atoms with van der Waals surface area (Å²) in [7, 11) is 0. The fraction of sp³-hybridized carbons (Fsp3) is 0.364. The number of para-hydroxylation sites is 2. The van der Waals surface area contributed by atoms with Crippen molar-refractivity contribution in [3.05, 3.63) is 53.6 Å². The van der Waals surface area contributed by atoms with E-state index in [9.17, 15) is 9.59 Å². The van der Waals surface area contributed by atoms with Crippen LogP contribution in [0.3, 0.4) is 0 Å². The predicted octanol–water partition coefficient (Wildman–Crippen LogP) is 3.19. The van der Waals surface area contributed by atoms with E-state index < -0.39 is 0 Å². The molecule has 1 fully saturated rings. The van der Waals surface area contributed by atoms with Crippen molar-refractivity contribution in [2.24, 2.45) is 0 Å². The van der Waals surface area contributed by atoms with Gasteiger partial charge < -0.3 is 19.4 Å². The van der Waals surface area contributed by atoms with Crippen molar-refractivity contribution < 1.29 is 14.3 Å². The highest BCUT2D eigenvalue weighted by molar-refractivity contribution is 6.30. The lowest BCUT2D eigenvalue weighted by molar-refractivity contribution is -0.131. The second kappa shape index (κ2) is 8.74. The molecule has 0 bridgehead atoms. The van der Waals surface area contributed by atoms with E-state index in [1.165, 1.54) is 0 Å². The van der Waals surface area contributed by atoms with E-state index >= 15 is 0 Å². The minimum Gasteiger partial charge on any atom is -0.482 e. The normalized spacial score (nSPS) is 16.4. The van der Waals surface area contributed by atoms with Gasteiger partial charge in [0.05, 0.1) is 5.69 Å². The van der Waals surface area contributed by atoms with Crippen LogP contribution in [-0.4, -0.2) is 56.0 Å². The van der Waals surface area contributed by atoms with Gasteiger partial charge in [0.2, 0.25) is 5.91 Å². The van der Waals surface area contributed by atoms with E-state index in [1.54, 1.807) is 4.90 Å². The van der Waals surface area contributed by atoms with Crippen molar-refractivity contribution in [2.45, 2.75) is 12.8 Å². The minimum atomic E-state index is -0.0636. The van der Waals surface area contributed by atoms with Crippen molar-refractivity contribution >= 4 is 34.8 Å². The maximum Gasteiger partial charge on any atom is 0.265 e. The monoisotopic (exact) mass is 413 g/mol. The molecule has 0 saturated carbocycles. The first-order chi connectivity index (χ1) is 14.1. The van der Waals surface area contributed by atoms with Crippen LogP contribution in [0.5, 0.6) is 5.75 Å². The Morgan fingerprint density at radius 2 is 1.83 bits per heavy atom. The van der Waals surface area contributed by atoms with Gasteiger partial charge in [-0.15, -0.1) is 0 Å². The van der Waals surface area contributed by atoms with E-state index in [-0.39, 0.29) is 18.4 Å². The first-order valence-electron chi connectivity index (χ1n) is 9.92. The van der Waals surface area contributed by atoms with Gasteiger partial charge in [-0.2, -0.15) is 0 Å². The van der Waals surface area contributed by atoms with Crippen LogP contribution in [0.4, 0.5) is 11.4 Å². The van der Waals surface area contributed by atoms with Gasteiger partial charge in [0.25, 0.3) is 5.91 Å². The molecular formula is C22H24ClN3O3. The predicted molar refractivity (Wildman–Crippen MR) is 114 cm³/mol. The van der Waals surface area contributed by atoms with Gasteiger partial charge in [-0.1, -0.05) is 29.8 Å². The smallest absolute Gasteiger partial charge is 0.265 e. The lowest BCUT2D eigenvalue weighted by Crippen LogP contribution is -2.49. The number of amides is 2. The first-order valence-corrected chi connectivity index (χ1v) is 10.3. The van der Waals surface area contributed by atoms with Crippen molar-refractivity contribution in [3.63, 3.8) is 0 Å². The number of carbonyl (C=O) groups excluding carboxylic acids is 2. The molecule has 4 rings (SSSR count). The summed E-state index contributed by atoms with van der Waals surface area (Å²) in [6.07, 6.45) is 1.07. The Balaban J connectivity index is 1.26. The molecule has 0 aromatic heterocycles. The van der Waals surface area contributed by atoms with Crippen LogP contribution in [-0.2, 0) is 9.59 Å². The maximum absolute atomic E-state index is 12.6. The maximum atomic E-state index is 12.6. The summed E-state index contributed by atoms with van der Waals surface area (Å²) in [5.41, 5.74) is 1.88. The molecule has 2 amide bonds. The lowest BCUT2D eigenvalue weighted by Gasteiger charge is -2.36. The van der Waals surface area contributed by atoms with E-state index in [2.05, 4.69) is 4.90 Å². The van der Waals surface area contributed by atoms with Crippen LogP contribution in [0.25, 0.3) is 0 Å². The van der Waals surface area contributed by atoms with Gasteiger partial charge in [0, 0.05) is 49.9 Å². The van der Waals surface area contributed by atoms with Crippen LogP contribution in [0.15, 0.2) is 48.5 Å². The summed E-state index contributed by atoms with van der Waals surface area (Å²) in [6.45, 7) is 3.56. The number of hydrogen-bond donors (Lipinski definition) is 0. The zero-order chi connectivity index (χ0) is 20.2. The number of nitrogens with zero attached hydrogens (tertiary/aromatic N) is 3. The Bertz CT molecular complexity index is 896. The number of anilines is 2. The number of carbonyl (C=O) groups is 2.